The lowest BCUT2D eigenvalue weighted by atomic mass is 10.0. The molecule has 2 N–H and O–H groups in total. The quantitative estimate of drug-likeness (QED) is 0.851. The molecule has 1 heterocycles. The van der Waals surface area contributed by atoms with E-state index in [0.717, 1.165) is 30.7 Å². The molecule has 2 rings (SSSR count). The van der Waals surface area contributed by atoms with Gasteiger partial charge < -0.3 is 15.4 Å². The highest BCUT2D eigenvalue weighted by Gasteiger charge is 2.21. The SMILES string of the molecule is COc1cc(N)ccc1CN1CCC(C)CCC1=O. The molecule has 1 aliphatic heterocycles. The van der Waals surface area contributed by atoms with Crippen molar-refractivity contribution in [3.05, 3.63) is 23.8 Å². The second-order valence-corrected chi connectivity index (χ2v) is 5.32. The molecule has 0 saturated carbocycles. The van der Waals surface area contributed by atoms with Crippen molar-refractivity contribution in [1.29, 1.82) is 0 Å². The number of carbonyl (C=O) groups excluding carboxylic acids is 1. The Morgan fingerprint density at radius 2 is 2.21 bits per heavy atom. The van der Waals surface area contributed by atoms with Crippen molar-refractivity contribution in [2.24, 2.45) is 5.92 Å². The first-order valence-electron chi connectivity index (χ1n) is 6.80. The molecule has 1 atom stereocenters. The number of nitrogen functional groups attached to an aromatic ring is 1. The maximum Gasteiger partial charge on any atom is 0.222 e. The topological polar surface area (TPSA) is 55.6 Å². The number of likely N-dealkylation sites (tertiary alicyclic amines) is 1. The van der Waals surface area contributed by atoms with Crippen LogP contribution in [0.2, 0.25) is 0 Å². The molecular weight excluding hydrogens is 240 g/mol. The first-order valence-corrected chi connectivity index (χ1v) is 6.80. The highest BCUT2D eigenvalue weighted by Crippen LogP contribution is 2.25. The Kier molecular flexibility index (Phi) is 4.30. The summed E-state index contributed by atoms with van der Waals surface area (Å²) in [4.78, 5) is 14.0. The molecule has 0 bridgehead atoms. The van der Waals surface area contributed by atoms with E-state index in [2.05, 4.69) is 6.92 Å². The maximum atomic E-state index is 12.1. The van der Waals surface area contributed by atoms with E-state index in [-0.39, 0.29) is 5.91 Å². The number of methoxy groups -OCH3 is 1. The lowest BCUT2D eigenvalue weighted by Gasteiger charge is -2.22. The van der Waals surface area contributed by atoms with Gasteiger partial charge in [-0.2, -0.15) is 0 Å². The summed E-state index contributed by atoms with van der Waals surface area (Å²) >= 11 is 0. The molecule has 104 valence electrons. The predicted octanol–water partition coefficient (Wildman–Crippen LogP) is 2.43. The molecule has 4 heteroatoms. The molecule has 19 heavy (non-hydrogen) atoms. The molecule has 1 unspecified atom stereocenters. The van der Waals surface area contributed by atoms with Crippen LogP contribution in [0.15, 0.2) is 18.2 Å². The van der Waals surface area contributed by atoms with E-state index < -0.39 is 0 Å². The molecule has 1 aromatic carbocycles. The van der Waals surface area contributed by atoms with E-state index in [1.54, 1.807) is 13.2 Å². The molecule has 0 aliphatic carbocycles. The van der Waals surface area contributed by atoms with Crippen LogP contribution < -0.4 is 10.5 Å². The van der Waals surface area contributed by atoms with Crippen LogP contribution in [-0.4, -0.2) is 24.5 Å². The van der Waals surface area contributed by atoms with E-state index in [1.165, 1.54) is 0 Å². The Labute approximate surface area is 114 Å². The van der Waals surface area contributed by atoms with Gasteiger partial charge in [-0.25, -0.2) is 0 Å². The number of anilines is 1. The molecule has 1 fully saturated rings. The van der Waals surface area contributed by atoms with Crippen molar-refractivity contribution in [2.45, 2.75) is 32.7 Å². The molecule has 1 aromatic rings. The summed E-state index contributed by atoms with van der Waals surface area (Å²) in [5, 5.41) is 0. The number of rotatable bonds is 3. The Morgan fingerprint density at radius 3 is 2.95 bits per heavy atom. The van der Waals surface area contributed by atoms with Gasteiger partial charge in [0.1, 0.15) is 5.75 Å². The van der Waals surface area contributed by atoms with Crippen molar-refractivity contribution in [1.82, 2.24) is 4.90 Å². The number of hydrogen-bond donors (Lipinski definition) is 1. The standard InChI is InChI=1S/C15H22N2O2/c1-11-3-6-15(18)17(8-7-11)10-12-4-5-13(16)9-14(12)19-2/h4-5,9,11H,3,6-8,10,16H2,1-2H3. The van der Waals surface area contributed by atoms with E-state index in [0.29, 0.717) is 24.6 Å². The van der Waals surface area contributed by atoms with Gasteiger partial charge in [-0.3, -0.25) is 4.79 Å². The number of nitrogens with two attached hydrogens (primary N) is 1. The Balaban J connectivity index is 2.13. The van der Waals surface area contributed by atoms with Gasteiger partial charge in [-0.05, 0) is 24.8 Å². The van der Waals surface area contributed by atoms with Crippen LogP contribution in [0, 0.1) is 5.92 Å². The number of nitrogens with zero attached hydrogens (tertiary/aromatic N) is 1. The van der Waals surface area contributed by atoms with Crippen LogP contribution >= 0.6 is 0 Å². The van der Waals surface area contributed by atoms with Gasteiger partial charge in [0.25, 0.3) is 0 Å². The molecule has 0 spiro atoms. The van der Waals surface area contributed by atoms with Crippen molar-refractivity contribution in [2.75, 3.05) is 19.4 Å². The average molecular weight is 262 g/mol. The van der Waals surface area contributed by atoms with Crippen LogP contribution in [0.3, 0.4) is 0 Å². The minimum absolute atomic E-state index is 0.239. The summed E-state index contributed by atoms with van der Waals surface area (Å²) in [6.45, 7) is 3.64. The zero-order valence-electron chi connectivity index (χ0n) is 11.7. The van der Waals surface area contributed by atoms with E-state index in [4.69, 9.17) is 10.5 Å². The fourth-order valence-corrected chi connectivity index (χ4v) is 2.44. The number of ether oxygens (including phenoxy) is 1. The highest BCUT2D eigenvalue weighted by molar-refractivity contribution is 5.76. The van der Waals surface area contributed by atoms with Crippen LogP contribution in [0.5, 0.6) is 5.75 Å². The minimum atomic E-state index is 0.239. The van der Waals surface area contributed by atoms with E-state index in [1.807, 2.05) is 17.0 Å². The van der Waals surface area contributed by atoms with Crippen LogP contribution in [0.4, 0.5) is 5.69 Å². The van der Waals surface area contributed by atoms with Crippen molar-refractivity contribution in [3.8, 4) is 5.75 Å². The van der Waals surface area contributed by atoms with Gasteiger partial charge in [0, 0.05) is 36.8 Å². The van der Waals surface area contributed by atoms with Crippen LogP contribution in [0.25, 0.3) is 0 Å². The first-order chi connectivity index (χ1) is 9.10. The average Bonchev–Trinajstić information content (AvgIpc) is 2.56. The van der Waals surface area contributed by atoms with Gasteiger partial charge in [0.15, 0.2) is 0 Å². The number of amides is 1. The summed E-state index contributed by atoms with van der Waals surface area (Å²) < 4.78 is 5.34. The predicted molar refractivity (Wildman–Crippen MR) is 75.8 cm³/mol. The first kappa shape index (κ1) is 13.7. The van der Waals surface area contributed by atoms with E-state index >= 15 is 0 Å². The van der Waals surface area contributed by atoms with Gasteiger partial charge in [-0.1, -0.05) is 13.0 Å². The summed E-state index contributed by atoms with van der Waals surface area (Å²) in [5.41, 5.74) is 7.44. The molecular formula is C15H22N2O2. The number of carbonyl (C=O) groups is 1. The Bertz CT molecular complexity index is 459. The van der Waals surface area contributed by atoms with Gasteiger partial charge in [0.2, 0.25) is 5.91 Å². The van der Waals surface area contributed by atoms with Gasteiger partial charge in [-0.15, -0.1) is 0 Å². The van der Waals surface area contributed by atoms with Crippen molar-refractivity contribution >= 4 is 11.6 Å². The molecule has 0 aromatic heterocycles. The lowest BCUT2D eigenvalue weighted by Crippen LogP contribution is -2.29. The van der Waals surface area contributed by atoms with E-state index in [9.17, 15) is 4.79 Å². The zero-order chi connectivity index (χ0) is 13.8. The molecule has 1 saturated heterocycles. The number of benzene rings is 1. The zero-order valence-corrected chi connectivity index (χ0v) is 11.7. The highest BCUT2D eigenvalue weighted by atomic mass is 16.5. The smallest absolute Gasteiger partial charge is 0.222 e. The second kappa shape index (κ2) is 5.95. The Morgan fingerprint density at radius 1 is 1.42 bits per heavy atom. The fraction of sp³-hybridized carbons (Fsp3) is 0.533. The molecule has 4 nitrogen and oxygen atoms in total. The summed E-state index contributed by atoms with van der Waals surface area (Å²) in [5.74, 6) is 1.62. The molecule has 1 amide bonds. The van der Waals surface area contributed by atoms with Crippen LogP contribution in [-0.2, 0) is 11.3 Å². The van der Waals surface area contributed by atoms with Gasteiger partial charge >= 0.3 is 0 Å². The molecule has 1 aliphatic rings. The lowest BCUT2D eigenvalue weighted by molar-refractivity contribution is -0.131. The molecule has 0 radical (unpaired) electrons. The largest absolute Gasteiger partial charge is 0.496 e. The summed E-state index contributed by atoms with van der Waals surface area (Å²) in [7, 11) is 1.63. The van der Waals surface area contributed by atoms with Crippen molar-refractivity contribution in [3.63, 3.8) is 0 Å². The fourth-order valence-electron chi connectivity index (χ4n) is 2.44. The third-order valence-electron chi connectivity index (χ3n) is 3.77. The minimum Gasteiger partial charge on any atom is -0.496 e. The van der Waals surface area contributed by atoms with Crippen LogP contribution in [0.1, 0.15) is 31.7 Å². The second-order valence-electron chi connectivity index (χ2n) is 5.32. The normalized spacial score (nSPS) is 20.2. The number of hydrogen-bond acceptors (Lipinski definition) is 3. The van der Waals surface area contributed by atoms with Crippen molar-refractivity contribution < 1.29 is 9.53 Å². The Hall–Kier alpha value is -1.71. The summed E-state index contributed by atoms with van der Waals surface area (Å²) in [6.07, 6.45) is 2.72. The van der Waals surface area contributed by atoms with Gasteiger partial charge in [0.05, 0.1) is 7.11 Å². The summed E-state index contributed by atoms with van der Waals surface area (Å²) in [6, 6.07) is 5.60. The third kappa shape index (κ3) is 3.40. The third-order valence-corrected chi connectivity index (χ3v) is 3.77. The maximum absolute atomic E-state index is 12.1. The monoisotopic (exact) mass is 262 g/mol.